The molecule has 23 heavy (non-hydrogen) atoms. The molecule has 0 atom stereocenters. The minimum Gasteiger partial charge on any atom is -0.341 e. The monoisotopic (exact) mass is 311 g/mol. The van der Waals surface area contributed by atoms with Gasteiger partial charge in [0.25, 0.3) is 6.54 Å². The number of nitrogens with one attached hydrogen (secondary N) is 1. The summed E-state index contributed by atoms with van der Waals surface area (Å²) in [6.45, 7) is 4.81. The van der Waals surface area contributed by atoms with Crippen LogP contribution >= 0.6 is 0 Å². The molecule has 1 aliphatic rings. The zero-order valence-electron chi connectivity index (χ0n) is 12.4. The molecular formula is C17H16FN4O+. The van der Waals surface area contributed by atoms with Gasteiger partial charge in [-0.1, -0.05) is 29.5 Å². The molecule has 0 radical (unpaired) electrons. The van der Waals surface area contributed by atoms with Crippen LogP contribution in [-0.4, -0.2) is 17.1 Å². The summed E-state index contributed by atoms with van der Waals surface area (Å²) in [6.07, 6.45) is 0. The lowest BCUT2D eigenvalue weighted by molar-refractivity contribution is -0.600. The Morgan fingerprint density at radius 3 is 2.70 bits per heavy atom. The van der Waals surface area contributed by atoms with Gasteiger partial charge in [-0.05, 0) is 36.4 Å². The highest BCUT2D eigenvalue weighted by molar-refractivity contribution is 5.78. The first-order valence-electron chi connectivity index (χ1n) is 7.15. The molecule has 0 unspecified atom stereocenters. The van der Waals surface area contributed by atoms with E-state index in [4.69, 9.17) is 4.84 Å². The second kappa shape index (κ2) is 6.83. The lowest BCUT2D eigenvalue weighted by atomic mass is 10.2. The van der Waals surface area contributed by atoms with Crippen LogP contribution in [0.15, 0.2) is 77.3 Å². The van der Waals surface area contributed by atoms with E-state index in [1.54, 1.807) is 16.8 Å². The number of halogens is 1. The van der Waals surface area contributed by atoms with E-state index in [2.05, 4.69) is 22.2 Å². The topological polar surface area (TPSA) is 49.0 Å². The molecule has 0 amide bonds. The van der Waals surface area contributed by atoms with Crippen LogP contribution in [-0.2, 0) is 11.4 Å². The fourth-order valence-corrected chi connectivity index (χ4v) is 2.13. The number of para-hydroxylation sites is 1. The first-order valence-corrected chi connectivity index (χ1v) is 7.15. The van der Waals surface area contributed by atoms with Gasteiger partial charge in [0, 0.05) is 11.3 Å². The van der Waals surface area contributed by atoms with Gasteiger partial charge in [0.15, 0.2) is 11.8 Å². The van der Waals surface area contributed by atoms with Crippen LogP contribution < -0.4 is 5.32 Å². The van der Waals surface area contributed by atoms with Crippen molar-refractivity contribution in [3.63, 3.8) is 0 Å². The van der Waals surface area contributed by atoms with E-state index in [0.29, 0.717) is 24.8 Å². The van der Waals surface area contributed by atoms with E-state index in [9.17, 15) is 4.39 Å². The molecule has 116 valence electrons. The Hall–Kier alpha value is -3.02. The number of hydrogen-bond acceptors (Lipinski definition) is 4. The maximum atomic E-state index is 12.9. The average Bonchev–Trinajstić information content (AvgIpc) is 2.97. The highest BCUT2D eigenvalue weighted by Crippen LogP contribution is 2.11. The number of hydrogen-bond donors (Lipinski definition) is 1. The van der Waals surface area contributed by atoms with E-state index < -0.39 is 0 Å². The van der Waals surface area contributed by atoms with E-state index in [0.717, 1.165) is 11.3 Å². The maximum absolute atomic E-state index is 12.9. The quantitative estimate of drug-likeness (QED) is 0.856. The lowest BCUT2D eigenvalue weighted by Crippen LogP contribution is -2.13. The summed E-state index contributed by atoms with van der Waals surface area (Å²) in [5, 5.41) is 7.01. The molecule has 1 heterocycles. The van der Waals surface area contributed by atoms with Crippen LogP contribution in [0, 0.1) is 5.82 Å². The van der Waals surface area contributed by atoms with Crippen molar-refractivity contribution in [2.75, 3.05) is 11.9 Å². The van der Waals surface area contributed by atoms with Gasteiger partial charge in [0.2, 0.25) is 0 Å². The van der Waals surface area contributed by atoms with Crippen molar-refractivity contribution in [1.29, 1.82) is 0 Å². The molecule has 5 nitrogen and oxygen atoms in total. The van der Waals surface area contributed by atoms with Gasteiger partial charge in [-0.15, -0.1) is 0 Å². The van der Waals surface area contributed by atoms with Gasteiger partial charge >= 0.3 is 5.90 Å². The predicted molar refractivity (Wildman–Crippen MR) is 85.4 cm³/mol. The normalized spacial score (nSPS) is 15.2. The standard InChI is InChI=1S/C17H16FN4O/c1-13(19-16-5-3-2-4-6-16)20-17-12-22(21-23-17)11-14-7-9-15(18)10-8-14/h2-10,19H,1,11-12H2/q+1/b20-17+. The molecule has 2 aromatic carbocycles. The van der Waals surface area contributed by atoms with Crippen molar-refractivity contribution >= 4 is 11.6 Å². The largest absolute Gasteiger partial charge is 0.341 e. The first-order chi connectivity index (χ1) is 11.2. The zero-order chi connectivity index (χ0) is 16.1. The van der Waals surface area contributed by atoms with E-state index in [1.165, 1.54) is 12.1 Å². The smallest absolute Gasteiger partial charge is 0.300 e. The summed E-state index contributed by atoms with van der Waals surface area (Å²) in [7, 11) is 0. The van der Waals surface area contributed by atoms with E-state index in [-0.39, 0.29) is 5.82 Å². The van der Waals surface area contributed by atoms with Gasteiger partial charge in [-0.2, -0.15) is 4.99 Å². The van der Waals surface area contributed by atoms with E-state index >= 15 is 0 Å². The second-order valence-electron chi connectivity index (χ2n) is 5.07. The van der Waals surface area contributed by atoms with Crippen molar-refractivity contribution in [3.8, 4) is 0 Å². The molecule has 6 heteroatoms. The summed E-state index contributed by atoms with van der Waals surface area (Å²) in [4.78, 5) is 9.47. The number of aliphatic imine (C=N–C) groups is 1. The SMILES string of the molecule is C=C(/N=C1\C[N+](Cc2ccc(F)cc2)=NO1)Nc1ccccc1. The minimum absolute atomic E-state index is 0.256. The number of anilines is 1. The Balaban J connectivity index is 1.55. The van der Waals surface area contributed by atoms with Crippen LogP contribution in [0.2, 0.25) is 0 Å². The van der Waals surface area contributed by atoms with Crippen LogP contribution in [0.3, 0.4) is 0 Å². The van der Waals surface area contributed by atoms with Gasteiger partial charge in [-0.25, -0.2) is 4.39 Å². The van der Waals surface area contributed by atoms with Crippen molar-refractivity contribution in [3.05, 3.63) is 78.4 Å². The second-order valence-corrected chi connectivity index (χ2v) is 5.07. The van der Waals surface area contributed by atoms with Gasteiger partial charge < -0.3 is 5.32 Å². The summed E-state index contributed by atoms with van der Waals surface area (Å²) < 4.78 is 14.6. The summed E-state index contributed by atoms with van der Waals surface area (Å²) >= 11 is 0. The predicted octanol–water partition coefficient (Wildman–Crippen LogP) is 3.72. The fourth-order valence-electron chi connectivity index (χ4n) is 2.13. The molecule has 0 fully saturated rings. The van der Waals surface area contributed by atoms with Crippen LogP contribution in [0.25, 0.3) is 0 Å². The molecule has 3 rings (SSSR count). The van der Waals surface area contributed by atoms with Crippen molar-refractivity contribution in [1.82, 2.24) is 0 Å². The average molecular weight is 311 g/mol. The molecule has 1 N–H and O–H groups in total. The molecule has 0 saturated carbocycles. The van der Waals surface area contributed by atoms with Crippen molar-refractivity contribution in [2.45, 2.75) is 6.54 Å². The zero-order valence-corrected chi connectivity index (χ0v) is 12.4. The van der Waals surface area contributed by atoms with E-state index in [1.807, 2.05) is 30.3 Å². The van der Waals surface area contributed by atoms with Crippen molar-refractivity contribution in [2.24, 2.45) is 10.3 Å². The van der Waals surface area contributed by atoms with Crippen LogP contribution in [0.1, 0.15) is 5.56 Å². The minimum atomic E-state index is -0.256. The summed E-state index contributed by atoms with van der Waals surface area (Å²) in [6, 6.07) is 15.9. The fraction of sp³-hybridized carbons (Fsp3) is 0.118. The van der Waals surface area contributed by atoms with Crippen LogP contribution in [0.4, 0.5) is 10.1 Å². The summed E-state index contributed by atoms with van der Waals surface area (Å²) in [5.74, 6) is 0.680. The van der Waals surface area contributed by atoms with Crippen LogP contribution in [0.5, 0.6) is 0 Å². The van der Waals surface area contributed by atoms with Gasteiger partial charge in [0.1, 0.15) is 11.6 Å². The molecule has 0 aromatic heterocycles. The first kappa shape index (κ1) is 14.9. The third kappa shape index (κ3) is 4.23. The molecule has 0 spiro atoms. The number of benzene rings is 2. The van der Waals surface area contributed by atoms with Gasteiger partial charge in [0.05, 0.1) is 0 Å². The molecule has 0 bridgehead atoms. The maximum Gasteiger partial charge on any atom is 0.300 e. The molecule has 0 aliphatic carbocycles. The number of rotatable bonds is 5. The Labute approximate surface area is 133 Å². The molecular weight excluding hydrogens is 295 g/mol. The molecule has 2 aromatic rings. The Morgan fingerprint density at radius 2 is 1.96 bits per heavy atom. The lowest BCUT2D eigenvalue weighted by Gasteiger charge is -2.04. The van der Waals surface area contributed by atoms with Gasteiger partial charge in [-0.3, -0.25) is 4.84 Å². The van der Waals surface area contributed by atoms with Crippen molar-refractivity contribution < 1.29 is 13.9 Å². The molecule has 0 saturated heterocycles. The highest BCUT2D eigenvalue weighted by atomic mass is 19.1. The Bertz CT molecular complexity index is 754. The Morgan fingerprint density at radius 1 is 1.22 bits per heavy atom. The highest BCUT2D eigenvalue weighted by Gasteiger charge is 2.23. The molecule has 1 aliphatic heterocycles. The third-order valence-electron chi connectivity index (χ3n) is 3.18. The summed E-state index contributed by atoms with van der Waals surface area (Å²) in [5.41, 5.74) is 1.85. The Kier molecular flexibility index (Phi) is 4.42. The number of nitrogens with zero attached hydrogens (tertiary/aromatic N) is 3. The third-order valence-corrected chi connectivity index (χ3v) is 3.18.